The van der Waals surface area contributed by atoms with Crippen LogP contribution in [-0.2, 0) is 21.5 Å². The molecule has 1 aliphatic heterocycles. The lowest BCUT2D eigenvalue weighted by Gasteiger charge is -2.35. The number of rotatable bonds is 8. The van der Waals surface area contributed by atoms with Crippen molar-refractivity contribution in [2.24, 2.45) is 5.92 Å². The Kier molecular flexibility index (Phi) is 7.80. The van der Waals surface area contributed by atoms with Gasteiger partial charge in [-0.05, 0) is 61.7 Å². The molecule has 31 heavy (non-hydrogen) atoms. The van der Waals surface area contributed by atoms with Crippen molar-refractivity contribution in [3.8, 4) is 5.75 Å². The van der Waals surface area contributed by atoms with Crippen molar-refractivity contribution < 1.29 is 17.9 Å². The number of halogens is 1. The summed E-state index contributed by atoms with van der Waals surface area (Å²) in [6, 6.07) is 14.2. The molecule has 0 aromatic heterocycles. The van der Waals surface area contributed by atoms with Gasteiger partial charge in [0.15, 0.2) is 0 Å². The van der Waals surface area contributed by atoms with Gasteiger partial charge in [-0.3, -0.25) is 9.10 Å². The third kappa shape index (κ3) is 5.70. The largest absolute Gasteiger partial charge is 0.497 e. The quantitative estimate of drug-likeness (QED) is 0.647. The van der Waals surface area contributed by atoms with Gasteiger partial charge in [0, 0.05) is 31.2 Å². The minimum Gasteiger partial charge on any atom is -0.497 e. The van der Waals surface area contributed by atoms with E-state index in [-0.39, 0.29) is 19.0 Å². The van der Waals surface area contributed by atoms with Crippen molar-refractivity contribution in [1.29, 1.82) is 0 Å². The molecule has 1 amide bonds. The molecule has 0 aliphatic carbocycles. The highest BCUT2D eigenvalue weighted by molar-refractivity contribution is 7.90. The van der Waals surface area contributed by atoms with Crippen LogP contribution in [0.5, 0.6) is 5.75 Å². The van der Waals surface area contributed by atoms with E-state index < -0.39 is 16.1 Å². The Labute approximate surface area is 189 Å². The minimum atomic E-state index is -3.76. The third-order valence-electron chi connectivity index (χ3n) is 5.36. The molecule has 1 saturated heterocycles. The summed E-state index contributed by atoms with van der Waals surface area (Å²) in [4.78, 5) is 12.7. The van der Waals surface area contributed by atoms with Crippen molar-refractivity contribution in [2.45, 2.75) is 26.3 Å². The van der Waals surface area contributed by atoms with Crippen LogP contribution in [0.4, 0.5) is 5.69 Å². The van der Waals surface area contributed by atoms with E-state index in [1.54, 1.807) is 50.4 Å². The smallest absolute Gasteiger partial charge is 0.304 e. The number of nitrogens with one attached hydrogen (secondary N) is 1. The molecule has 0 radical (unpaired) electrons. The molecule has 9 heteroatoms. The number of anilines is 1. The Hall–Kier alpha value is -2.29. The van der Waals surface area contributed by atoms with E-state index in [0.717, 1.165) is 5.56 Å². The molecule has 7 nitrogen and oxygen atoms in total. The fourth-order valence-electron chi connectivity index (χ4n) is 3.71. The first-order valence-corrected chi connectivity index (χ1v) is 12.1. The average Bonchev–Trinajstić information content (AvgIpc) is 2.78. The SMILES string of the molecule is CCN(c1ccc(OC)cc1)S(=O)(=O)N1CCC[C@@H](C(=O)NCc2cccc(Cl)c2)C1. The van der Waals surface area contributed by atoms with E-state index in [9.17, 15) is 13.2 Å². The summed E-state index contributed by atoms with van der Waals surface area (Å²) in [5.74, 6) is 0.122. The lowest BCUT2D eigenvalue weighted by atomic mass is 9.99. The van der Waals surface area contributed by atoms with Crippen LogP contribution in [0.15, 0.2) is 48.5 Å². The first kappa shape index (κ1) is 23.4. The Balaban J connectivity index is 1.67. The highest BCUT2D eigenvalue weighted by Gasteiger charge is 2.35. The van der Waals surface area contributed by atoms with Crippen LogP contribution >= 0.6 is 11.6 Å². The maximum absolute atomic E-state index is 13.3. The fourth-order valence-corrected chi connectivity index (χ4v) is 5.65. The van der Waals surface area contributed by atoms with E-state index in [2.05, 4.69) is 5.32 Å². The van der Waals surface area contributed by atoms with E-state index in [1.807, 2.05) is 12.1 Å². The van der Waals surface area contributed by atoms with Gasteiger partial charge in [-0.2, -0.15) is 12.7 Å². The molecule has 3 rings (SSSR count). The van der Waals surface area contributed by atoms with Gasteiger partial charge in [-0.15, -0.1) is 0 Å². The molecule has 1 atom stereocenters. The highest BCUT2D eigenvalue weighted by atomic mass is 35.5. The normalized spacial score (nSPS) is 17.2. The van der Waals surface area contributed by atoms with Crippen LogP contribution in [0.1, 0.15) is 25.3 Å². The lowest BCUT2D eigenvalue weighted by Crippen LogP contribution is -2.50. The van der Waals surface area contributed by atoms with Crippen LogP contribution in [0, 0.1) is 5.92 Å². The molecule has 1 N–H and O–H groups in total. The van der Waals surface area contributed by atoms with E-state index >= 15 is 0 Å². The first-order valence-electron chi connectivity index (χ1n) is 10.3. The van der Waals surface area contributed by atoms with Gasteiger partial charge >= 0.3 is 10.2 Å². The number of hydrogen-bond donors (Lipinski definition) is 1. The number of carbonyl (C=O) groups is 1. The summed E-state index contributed by atoms with van der Waals surface area (Å²) in [6.45, 7) is 3.00. The predicted molar refractivity (Wildman–Crippen MR) is 123 cm³/mol. The Bertz CT molecular complexity index is 998. The van der Waals surface area contributed by atoms with Crippen LogP contribution < -0.4 is 14.4 Å². The zero-order valence-electron chi connectivity index (χ0n) is 17.8. The topological polar surface area (TPSA) is 79.0 Å². The zero-order chi connectivity index (χ0) is 22.4. The summed E-state index contributed by atoms with van der Waals surface area (Å²) < 4.78 is 34.6. The van der Waals surface area contributed by atoms with Gasteiger partial charge in [0.05, 0.1) is 18.7 Å². The summed E-state index contributed by atoms with van der Waals surface area (Å²) in [5.41, 5.74) is 1.47. The summed E-state index contributed by atoms with van der Waals surface area (Å²) in [5, 5.41) is 3.52. The summed E-state index contributed by atoms with van der Waals surface area (Å²) in [6.07, 6.45) is 1.29. The van der Waals surface area contributed by atoms with Crippen LogP contribution in [0.3, 0.4) is 0 Å². The molecule has 0 unspecified atom stereocenters. The Morgan fingerprint density at radius 1 is 1.26 bits per heavy atom. The maximum Gasteiger partial charge on any atom is 0.304 e. The molecule has 168 valence electrons. The third-order valence-corrected chi connectivity index (χ3v) is 7.61. The summed E-state index contributed by atoms with van der Waals surface area (Å²) >= 11 is 5.99. The van der Waals surface area contributed by atoms with Crippen LogP contribution in [0.2, 0.25) is 5.02 Å². The molecule has 1 heterocycles. The van der Waals surface area contributed by atoms with Crippen molar-refractivity contribution in [1.82, 2.24) is 9.62 Å². The maximum atomic E-state index is 13.3. The van der Waals surface area contributed by atoms with Gasteiger partial charge in [-0.1, -0.05) is 23.7 Å². The number of benzene rings is 2. The standard InChI is InChI=1S/C22H28ClN3O4S/c1-3-26(20-9-11-21(30-2)12-10-20)31(28,29)25-13-5-7-18(16-25)22(27)24-15-17-6-4-8-19(23)14-17/h4,6,8-12,14,18H,3,5,7,13,15-16H2,1-2H3,(H,24,27)/t18-/m1/s1. The lowest BCUT2D eigenvalue weighted by molar-refractivity contribution is -0.126. The zero-order valence-corrected chi connectivity index (χ0v) is 19.3. The molecule has 2 aromatic rings. The average molecular weight is 466 g/mol. The van der Waals surface area contributed by atoms with Crippen molar-refractivity contribution in [2.75, 3.05) is 31.0 Å². The highest BCUT2D eigenvalue weighted by Crippen LogP contribution is 2.27. The van der Waals surface area contributed by atoms with Gasteiger partial charge in [-0.25, -0.2) is 0 Å². The molecule has 2 aromatic carbocycles. The van der Waals surface area contributed by atoms with Gasteiger partial charge < -0.3 is 10.1 Å². The van der Waals surface area contributed by atoms with Crippen molar-refractivity contribution in [3.05, 3.63) is 59.1 Å². The monoisotopic (exact) mass is 465 g/mol. The molecule has 0 saturated carbocycles. The number of nitrogens with zero attached hydrogens (tertiary/aromatic N) is 2. The Morgan fingerprint density at radius 2 is 2.00 bits per heavy atom. The van der Waals surface area contributed by atoms with Crippen LogP contribution in [0.25, 0.3) is 0 Å². The number of methoxy groups -OCH3 is 1. The predicted octanol–water partition coefficient (Wildman–Crippen LogP) is 3.45. The minimum absolute atomic E-state index is 0.146. The number of ether oxygens (including phenoxy) is 1. The van der Waals surface area contributed by atoms with Crippen LogP contribution in [-0.4, -0.2) is 45.4 Å². The van der Waals surface area contributed by atoms with E-state index in [0.29, 0.717) is 42.4 Å². The van der Waals surface area contributed by atoms with E-state index in [1.165, 1.54) is 8.61 Å². The van der Waals surface area contributed by atoms with Gasteiger partial charge in [0.1, 0.15) is 5.75 Å². The fraction of sp³-hybridized carbons (Fsp3) is 0.409. The van der Waals surface area contributed by atoms with Crippen molar-refractivity contribution in [3.63, 3.8) is 0 Å². The summed E-state index contributed by atoms with van der Waals surface area (Å²) in [7, 11) is -2.19. The number of carbonyl (C=O) groups excluding carboxylic acids is 1. The number of hydrogen-bond acceptors (Lipinski definition) is 4. The second kappa shape index (κ2) is 10.3. The molecule has 0 bridgehead atoms. The van der Waals surface area contributed by atoms with E-state index in [4.69, 9.17) is 16.3 Å². The van der Waals surface area contributed by atoms with Gasteiger partial charge in [0.25, 0.3) is 0 Å². The first-order chi connectivity index (χ1) is 14.8. The second-order valence-electron chi connectivity index (χ2n) is 7.42. The molecule has 1 aliphatic rings. The molecule has 0 spiro atoms. The Morgan fingerprint density at radius 3 is 2.65 bits per heavy atom. The number of amides is 1. The molecule has 1 fully saturated rings. The molecular weight excluding hydrogens is 438 g/mol. The second-order valence-corrected chi connectivity index (χ2v) is 9.70. The molecular formula is C22H28ClN3O4S. The number of piperidine rings is 1. The van der Waals surface area contributed by atoms with Crippen molar-refractivity contribution >= 4 is 33.4 Å². The van der Waals surface area contributed by atoms with Gasteiger partial charge in [0.2, 0.25) is 5.91 Å².